The first-order chi connectivity index (χ1) is 6.97. The molecule has 0 aromatic heterocycles. The van der Waals surface area contributed by atoms with Crippen molar-refractivity contribution in [3.63, 3.8) is 0 Å². The van der Waals surface area contributed by atoms with E-state index in [1.54, 1.807) is 0 Å². The molecule has 0 saturated heterocycles. The van der Waals surface area contributed by atoms with E-state index in [0.717, 1.165) is 6.07 Å². The second-order valence-corrected chi connectivity index (χ2v) is 3.33. The third-order valence-corrected chi connectivity index (χ3v) is 2.25. The SMILES string of the molecule is NNc1cc(Br)c([N+](=O)[O-])cc1[N+](=O)[O-]. The van der Waals surface area contributed by atoms with E-state index in [1.165, 1.54) is 6.07 Å². The maximum absolute atomic E-state index is 10.5. The van der Waals surface area contributed by atoms with Crippen LogP contribution in [0.2, 0.25) is 0 Å². The number of anilines is 1. The Morgan fingerprint density at radius 3 is 2.13 bits per heavy atom. The lowest BCUT2D eigenvalue weighted by Crippen LogP contribution is -2.09. The van der Waals surface area contributed by atoms with E-state index in [1.807, 2.05) is 0 Å². The van der Waals surface area contributed by atoms with Crippen LogP contribution in [0.5, 0.6) is 0 Å². The van der Waals surface area contributed by atoms with Crippen LogP contribution >= 0.6 is 15.9 Å². The van der Waals surface area contributed by atoms with Gasteiger partial charge in [-0.3, -0.25) is 26.1 Å². The Morgan fingerprint density at radius 2 is 1.73 bits per heavy atom. The molecule has 0 aliphatic rings. The molecular weight excluding hydrogens is 272 g/mol. The molecule has 15 heavy (non-hydrogen) atoms. The van der Waals surface area contributed by atoms with Gasteiger partial charge in [0.05, 0.1) is 20.4 Å². The number of hydrogen-bond acceptors (Lipinski definition) is 6. The number of nitrogens with two attached hydrogens (primary N) is 1. The molecule has 1 rings (SSSR count). The van der Waals surface area contributed by atoms with Gasteiger partial charge < -0.3 is 5.43 Å². The van der Waals surface area contributed by atoms with Crippen molar-refractivity contribution in [1.29, 1.82) is 0 Å². The molecule has 9 heteroatoms. The standard InChI is InChI=1S/C6H5BrN4O4/c7-3-1-4(9-8)6(11(14)15)2-5(3)10(12)13/h1-2,9H,8H2. The van der Waals surface area contributed by atoms with Crippen LogP contribution in [0.25, 0.3) is 0 Å². The van der Waals surface area contributed by atoms with Gasteiger partial charge in [0.15, 0.2) is 0 Å². The van der Waals surface area contributed by atoms with Crippen molar-refractivity contribution in [3.8, 4) is 0 Å². The topological polar surface area (TPSA) is 124 Å². The van der Waals surface area contributed by atoms with Crippen molar-refractivity contribution < 1.29 is 9.85 Å². The Kier molecular flexibility index (Phi) is 3.17. The third-order valence-electron chi connectivity index (χ3n) is 1.61. The lowest BCUT2D eigenvalue weighted by Gasteiger charge is -2.02. The Morgan fingerprint density at radius 1 is 1.20 bits per heavy atom. The predicted molar refractivity (Wildman–Crippen MR) is 55.3 cm³/mol. The minimum atomic E-state index is -0.755. The number of benzene rings is 1. The zero-order chi connectivity index (χ0) is 11.6. The van der Waals surface area contributed by atoms with Gasteiger partial charge in [0.25, 0.3) is 5.69 Å². The fraction of sp³-hybridized carbons (Fsp3) is 0. The molecule has 1 aromatic rings. The highest BCUT2D eigenvalue weighted by Gasteiger charge is 2.22. The number of halogens is 1. The average molecular weight is 277 g/mol. The highest BCUT2D eigenvalue weighted by atomic mass is 79.9. The van der Waals surface area contributed by atoms with E-state index in [-0.39, 0.29) is 15.8 Å². The number of hydrazine groups is 1. The van der Waals surface area contributed by atoms with Crippen molar-refractivity contribution in [2.75, 3.05) is 5.43 Å². The van der Waals surface area contributed by atoms with E-state index in [0.29, 0.717) is 0 Å². The summed E-state index contributed by atoms with van der Waals surface area (Å²) in [6.07, 6.45) is 0. The second kappa shape index (κ2) is 4.19. The molecule has 0 unspecified atom stereocenters. The van der Waals surface area contributed by atoms with E-state index in [9.17, 15) is 20.2 Å². The van der Waals surface area contributed by atoms with Crippen LogP contribution in [0, 0.1) is 20.2 Å². The first-order valence-electron chi connectivity index (χ1n) is 3.56. The number of nitro benzene ring substituents is 2. The molecule has 0 aliphatic heterocycles. The summed E-state index contributed by atoms with van der Waals surface area (Å²) < 4.78 is 0.117. The monoisotopic (exact) mass is 276 g/mol. The quantitative estimate of drug-likeness (QED) is 0.490. The molecule has 1 aromatic carbocycles. The van der Waals surface area contributed by atoms with Crippen LogP contribution in [0.1, 0.15) is 0 Å². The van der Waals surface area contributed by atoms with Crippen LogP contribution < -0.4 is 11.3 Å². The van der Waals surface area contributed by atoms with E-state index >= 15 is 0 Å². The van der Waals surface area contributed by atoms with Crippen LogP contribution in [-0.4, -0.2) is 9.85 Å². The molecule has 0 fully saturated rings. The summed E-state index contributed by atoms with van der Waals surface area (Å²) in [5.41, 5.74) is 1.25. The summed E-state index contributed by atoms with van der Waals surface area (Å²) in [5.74, 6) is 5.04. The largest absolute Gasteiger partial charge is 0.318 e. The number of hydrogen-bond donors (Lipinski definition) is 2. The first kappa shape index (κ1) is 11.3. The van der Waals surface area contributed by atoms with Gasteiger partial charge >= 0.3 is 5.69 Å². The Bertz CT molecular complexity index is 435. The van der Waals surface area contributed by atoms with Crippen molar-refractivity contribution >= 4 is 33.0 Å². The van der Waals surface area contributed by atoms with E-state index in [2.05, 4.69) is 21.4 Å². The fourth-order valence-electron chi connectivity index (χ4n) is 0.957. The molecule has 80 valence electrons. The molecule has 0 aliphatic carbocycles. The molecule has 0 radical (unpaired) electrons. The van der Waals surface area contributed by atoms with Gasteiger partial charge in [-0.1, -0.05) is 0 Å². The first-order valence-corrected chi connectivity index (χ1v) is 4.35. The average Bonchev–Trinajstić information content (AvgIpc) is 2.16. The summed E-state index contributed by atoms with van der Waals surface area (Å²) in [7, 11) is 0. The predicted octanol–water partition coefficient (Wildman–Crippen LogP) is 1.55. The number of nitrogens with one attached hydrogen (secondary N) is 1. The van der Waals surface area contributed by atoms with Crippen molar-refractivity contribution in [1.82, 2.24) is 0 Å². The van der Waals surface area contributed by atoms with Crippen molar-refractivity contribution in [2.24, 2.45) is 5.84 Å². The lowest BCUT2D eigenvalue weighted by molar-refractivity contribution is -0.394. The fourth-order valence-corrected chi connectivity index (χ4v) is 1.45. The maximum atomic E-state index is 10.5. The van der Waals surface area contributed by atoms with Gasteiger partial charge in [0.1, 0.15) is 5.69 Å². The van der Waals surface area contributed by atoms with Crippen LogP contribution in [0.4, 0.5) is 17.1 Å². The van der Waals surface area contributed by atoms with Crippen molar-refractivity contribution in [3.05, 3.63) is 36.8 Å². The van der Waals surface area contributed by atoms with Gasteiger partial charge in [-0.15, -0.1) is 0 Å². The van der Waals surface area contributed by atoms with Crippen molar-refractivity contribution in [2.45, 2.75) is 0 Å². The van der Waals surface area contributed by atoms with E-state index in [4.69, 9.17) is 5.84 Å². The minimum absolute atomic E-state index is 0.00234. The van der Waals surface area contributed by atoms with Gasteiger partial charge in [-0.05, 0) is 22.0 Å². The highest BCUT2D eigenvalue weighted by molar-refractivity contribution is 9.10. The molecule has 0 atom stereocenters. The number of rotatable bonds is 3. The molecule has 0 heterocycles. The molecule has 0 bridgehead atoms. The Labute approximate surface area is 91.5 Å². The Balaban J connectivity index is 3.43. The summed E-state index contributed by atoms with van der Waals surface area (Å²) in [6.45, 7) is 0. The lowest BCUT2D eigenvalue weighted by atomic mass is 10.2. The van der Waals surface area contributed by atoms with Gasteiger partial charge in [-0.2, -0.15) is 0 Å². The van der Waals surface area contributed by atoms with E-state index < -0.39 is 15.5 Å². The highest BCUT2D eigenvalue weighted by Crippen LogP contribution is 2.35. The number of nitro groups is 2. The van der Waals surface area contributed by atoms with Crippen LogP contribution in [0.3, 0.4) is 0 Å². The smallest absolute Gasteiger partial charge is 0.300 e. The van der Waals surface area contributed by atoms with Crippen LogP contribution in [0.15, 0.2) is 16.6 Å². The van der Waals surface area contributed by atoms with Gasteiger partial charge in [0.2, 0.25) is 0 Å². The maximum Gasteiger partial charge on any atom is 0.300 e. The zero-order valence-corrected chi connectivity index (χ0v) is 8.72. The summed E-state index contributed by atoms with van der Waals surface area (Å²) >= 11 is 2.91. The second-order valence-electron chi connectivity index (χ2n) is 2.48. The molecule has 8 nitrogen and oxygen atoms in total. The number of nitrogens with zero attached hydrogens (tertiary/aromatic N) is 2. The third kappa shape index (κ3) is 2.19. The normalized spacial score (nSPS) is 9.73. The zero-order valence-electron chi connectivity index (χ0n) is 7.14. The molecular formula is C6H5BrN4O4. The van der Waals surface area contributed by atoms with Gasteiger partial charge in [0, 0.05) is 0 Å². The minimum Gasteiger partial charge on any atom is -0.318 e. The molecule has 0 amide bonds. The number of nitrogen functional groups attached to an aromatic ring is 1. The summed E-state index contributed by atoms with van der Waals surface area (Å²) in [5, 5.41) is 21.0. The molecule has 0 saturated carbocycles. The van der Waals surface area contributed by atoms with Gasteiger partial charge in [-0.25, -0.2) is 0 Å². The van der Waals surface area contributed by atoms with Crippen LogP contribution in [-0.2, 0) is 0 Å². The Hall–Kier alpha value is -1.74. The molecule has 0 spiro atoms. The summed E-state index contributed by atoms with van der Waals surface area (Å²) in [4.78, 5) is 19.6. The molecule has 3 N–H and O–H groups in total. The summed E-state index contributed by atoms with van der Waals surface area (Å²) in [6, 6.07) is 2.01.